The van der Waals surface area contributed by atoms with Crippen molar-refractivity contribution >= 4 is 23.2 Å². The van der Waals surface area contributed by atoms with Crippen LogP contribution in [0.5, 0.6) is 0 Å². The summed E-state index contributed by atoms with van der Waals surface area (Å²) in [7, 11) is 0. The number of guanidine groups is 1. The molecule has 2 fully saturated rings. The molecule has 2 aliphatic heterocycles. The molecule has 1 aromatic heterocycles. The second-order valence-electron chi connectivity index (χ2n) is 6.66. The summed E-state index contributed by atoms with van der Waals surface area (Å²) in [6, 6.07) is 0. The number of hydrogen-bond acceptors (Lipinski definition) is 5. The van der Waals surface area contributed by atoms with Crippen LogP contribution in [0.15, 0.2) is 10.4 Å². The third-order valence-corrected chi connectivity index (χ3v) is 5.55. The fourth-order valence-electron chi connectivity index (χ4n) is 3.34. The normalized spacial score (nSPS) is 21.3. The predicted octanol–water partition coefficient (Wildman–Crippen LogP) is 1.28. The Labute approximate surface area is 159 Å². The summed E-state index contributed by atoms with van der Waals surface area (Å²) >= 11 is 1.68. The summed E-state index contributed by atoms with van der Waals surface area (Å²) in [4.78, 5) is 25.9. The van der Waals surface area contributed by atoms with E-state index in [4.69, 9.17) is 9.73 Å². The third kappa shape index (κ3) is 4.94. The topological polar surface area (TPSA) is 70.1 Å². The molecule has 3 heterocycles. The van der Waals surface area contributed by atoms with Gasteiger partial charge in [-0.1, -0.05) is 0 Å². The largest absolute Gasteiger partial charge is 0.368 e. The number of piperazine rings is 1. The van der Waals surface area contributed by atoms with E-state index in [1.807, 2.05) is 11.8 Å². The number of hydrogen-bond donors (Lipinski definition) is 1. The standard InChI is InChI=1S/C18H29N5O2S/c1-3-19-18(20-7-6-15-13-26-14(2)21-15)23-10-8-22(9-11-23)17(24)16-5-4-12-25-16/h13,16H,3-12H2,1-2H3,(H,19,20). The highest BCUT2D eigenvalue weighted by molar-refractivity contribution is 7.09. The Morgan fingerprint density at radius 1 is 1.38 bits per heavy atom. The maximum absolute atomic E-state index is 12.5. The molecular weight excluding hydrogens is 350 g/mol. The number of rotatable bonds is 5. The van der Waals surface area contributed by atoms with Crippen molar-refractivity contribution in [3.05, 3.63) is 16.1 Å². The summed E-state index contributed by atoms with van der Waals surface area (Å²) in [6.07, 6.45) is 2.49. The molecule has 7 nitrogen and oxygen atoms in total. The molecule has 3 rings (SSSR count). The van der Waals surface area contributed by atoms with E-state index in [9.17, 15) is 4.79 Å². The van der Waals surface area contributed by atoms with Crippen LogP contribution in [0.3, 0.4) is 0 Å². The van der Waals surface area contributed by atoms with E-state index in [-0.39, 0.29) is 12.0 Å². The zero-order chi connectivity index (χ0) is 18.4. The molecule has 0 saturated carbocycles. The molecule has 0 aliphatic carbocycles. The number of amides is 1. The Balaban J connectivity index is 1.50. The van der Waals surface area contributed by atoms with E-state index in [0.717, 1.165) is 75.2 Å². The molecule has 144 valence electrons. The fourth-order valence-corrected chi connectivity index (χ4v) is 3.99. The first-order valence-electron chi connectivity index (χ1n) is 9.52. The number of carbonyl (C=O) groups is 1. The highest BCUT2D eigenvalue weighted by atomic mass is 32.1. The van der Waals surface area contributed by atoms with Gasteiger partial charge in [-0.3, -0.25) is 9.79 Å². The second-order valence-corrected chi connectivity index (χ2v) is 7.72. The Morgan fingerprint density at radius 2 is 2.15 bits per heavy atom. The maximum Gasteiger partial charge on any atom is 0.251 e. The van der Waals surface area contributed by atoms with E-state index in [1.54, 1.807) is 11.3 Å². The van der Waals surface area contributed by atoms with Crippen molar-refractivity contribution in [1.29, 1.82) is 0 Å². The zero-order valence-corrected chi connectivity index (χ0v) is 16.6. The fraction of sp³-hybridized carbons (Fsp3) is 0.722. The summed E-state index contributed by atoms with van der Waals surface area (Å²) in [6.45, 7) is 9.45. The molecule has 26 heavy (non-hydrogen) atoms. The second kappa shape index (κ2) is 9.32. The number of thiazole rings is 1. The lowest BCUT2D eigenvalue weighted by molar-refractivity contribution is -0.142. The number of nitrogens with zero attached hydrogens (tertiary/aromatic N) is 4. The van der Waals surface area contributed by atoms with Crippen LogP contribution in [0.25, 0.3) is 0 Å². The van der Waals surface area contributed by atoms with Gasteiger partial charge in [0.15, 0.2) is 5.96 Å². The van der Waals surface area contributed by atoms with Crippen molar-refractivity contribution < 1.29 is 9.53 Å². The maximum atomic E-state index is 12.5. The molecule has 2 saturated heterocycles. The number of aryl methyl sites for hydroxylation is 1. The van der Waals surface area contributed by atoms with Crippen LogP contribution in [0.4, 0.5) is 0 Å². The van der Waals surface area contributed by atoms with Crippen molar-refractivity contribution in [2.75, 3.05) is 45.9 Å². The van der Waals surface area contributed by atoms with Crippen LogP contribution in [0, 0.1) is 6.92 Å². The Hall–Kier alpha value is -1.67. The Bertz CT molecular complexity index is 619. The minimum atomic E-state index is -0.218. The zero-order valence-electron chi connectivity index (χ0n) is 15.7. The van der Waals surface area contributed by atoms with E-state index in [2.05, 4.69) is 27.5 Å². The van der Waals surface area contributed by atoms with Gasteiger partial charge in [0.1, 0.15) is 6.10 Å². The Kier molecular flexibility index (Phi) is 6.85. The third-order valence-electron chi connectivity index (χ3n) is 4.73. The van der Waals surface area contributed by atoms with Crippen LogP contribution < -0.4 is 5.32 Å². The average molecular weight is 380 g/mol. The number of ether oxygens (including phenoxy) is 1. The highest BCUT2D eigenvalue weighted by Gasteiger charge is 2.30. The smallest absolute Gasteiger partial charge is 0.251 e. The first-order valence-corrected chi connectivity index (χ1v) is 10.4. The van der Waals surface area contributed by atoms with Crippen LogP contribution in [-0.2, 0) is 16.0 Å². The van der Waals surface area contributed by atoms with Crippen LogP contribution >= 0.6 is 11.3 Å². The molecule has 0 spiro atoms. The van der Waals surface area contributed by atoms with E-state index in [1.165, 1.54) is 0 Å². The molecule has 1 aromatic rings. The lowest BCUT2D eigenvalue weighted by Crippen LogP contribution is -2.55. The molecule has 1 unspecified atom stereocenters. The molecule has 1 amide bonds. The van der Waals surface area contributed by atoms with Gasteiger partial charge in [-0.05, 0) is 26.7 Å². The van der Waals surface area contributed by atoms with E-state index in [0.29, 0.717) is 6.61 Å². The number of nitrogens with one attached hydrogen (secondary N) is 1. The van der Waals surface area contributed by atoms with Crippen molar-refractivity contribution in [2.45, 2.75) is 39.2 Å². The molecule has 1 atom stereocenters. The van der Waals surface area contributed by atoms with Crippen molar-refractivity contribution in [1.82, 2.24) is 20.1 Å². The van der Waals surface area contributed by atoms with E-state index >= 15 is 0 Å². The SMILES string of the molecule is CCNC(=NCCc1csc(C)n1)N1CCN(C(=O)C2CCCO2)CC1. The van der Waals surface area contributed by atoms with Gasteiger partial charge in [0.2, 0.25) is 0 Å². The predicted molar refractivity (Wildman–Crippen MR) is 104 cm³/mol. The molecule has 1 N–H and O–H groups in total. The number of aromatic nitrogens is 1. The van der Waals surface area contributed by atoms with Crippen LogP contribution in [0.2, 0.25) is 0 Å². The minimum Gasteiger partial charge on any atom is -0.368 e. The molecule has 0 radical (unpaired) electrons. The van der Waals surface area contributed by atoms with Gasteiger partial charge in [-0.2, -0.15) is 0 Å². The van der Waals surface area contributed by atoms with Gasteiger partial charge in [0, 0.05) is 57.7 Å². The summed E-state index contributed by atoms with van der Waals surface area (Å²) in [5.41, 5.74) is 1.11. The monoisotopic (exact) mass is 379 g/mol. The van der Waals surface area contributed by atoms with Gasteiger partial charge < -0.3 is 19.9 Å². The van der Waals surface area contributed by atoms with E-state index < -0.39 is 0 Å². The molecular formula is C18H29N5O2S. The summed E-state index contributed by atoms with van der Waals surface area (Å²) < 4.78 is 5.53. The molecule has 2 aliphatic rings. The van der Waals surface area contributed by atoms with Crippen LogP contribution in [0.1, 0.15) is 30.5 Å². The van der Waals surface area contributed by atoms with Crippen molar-refractivity contribution in [3.8, 4) is 0 Å². The first-order chi connectivity index (χ1) is 12.7. The lowest BCUT2D eigenvalue weighted by Gasteiger charge is -2.37. The summed E-state index contributed by atoms with van der Waals surface area (Å²) in [5, 5.41) is 6.58. The summed E-state index contributed by atoms with van der Waals surface area (Å²) in [5.74, 6) is 1.09. The molecule has 8 heteroatoms. The van der Waals surface area contributed by atoms with Crippen molar-refractivity contribution in [3.63, 3.8) is 0 Å². The van der Waals surface area contributed by atoms with Crippen molar-refractivity contribution in [2.24, 2.45) is 4.99 Å². The van der Waals surface area contributed by atoms with Gasteiger partial charge in [-0.15, -0.1) is 11.3 Å². The lowest BCUT2D eigenvalue weighted by atomic mass is 10.2. The van der Waals surface area contributed by atoms with Crippen LogP contribution in [-0.4, -0.2) is 78.6 Å². The number of carbonyl (C=O) groups excluding carboxylic acids is 1. The van der Waals surface area contributed by atoms with Gasteiger partial charge in [-0.25, -0.2) is 4.98 Å². The average Bonchev–Trinajstić information content (AvgIpc) is 3.32. The molecule has 0 bridgehead atoms. The van der Waals surface area contributed by atoms with Gasteiger partial charge >= 0.3 is 0 Å². The first kappa shape index (κ1) is 19.1. The number of aliphatic imine (C=N–C) groups is 1. The Morgan fingerprint density at radius 3 is 2.77 bits per heavy atom. The van der Waals surface area contributed by atoms with Gasteiger partial charge in [0.05, 0.1) is 10.7 Å². The quantitative estimate of drug-likeness (QED) is 0.617. The minimum absolute atomic E-state index is 0.156. The van der Waals surface area contributed by atoms with Gasteiger partial charge in [0.25, 0.3) is 5.91 Å². The highest BCUT2D eigenvalue weighted by Crippen LogP contribution is 2.16. The molecule has 0 aromatic carbocycles.